The van der Waals surface area contributed by atoms with E-state index in [2.05, 4.69) is 0 Å². The first kappa shape index (κ1) is 20.2. The Balaban J connectivity index is 3.70. The zero-order valence-electron chi connectivity index (χ0n) is 10.6. The zero-order valence-corrected chi connectivity index (χ0v) is 10.6. The molecule has 15 heteroatoms. The summed E-state index contributed by atoms with van der Waals surface area (Å²) in [7, 11) is 0. The molecule has 24 heavy (non-hydrogen) atoms. The molecule has 0 fully saturated rings. The van der Waals surface area contributed by atoms with Crippen LogP contribution >= 0.6 is 0 Å². The van der Waals surface area contributed by atoms with E-state index in [1.807, 2.05) is 15.0 Å². The first-order valence-corrected chi connectivity index (χ1v) is 5.40. The predicted molar refractivity (Wildman–Crippen MR) is 49.5 cm³/mol. The summed E-state index contributed by atoms with van der Waals surface area (Å²) >= 11 is 0. The maximum Gasteiger partial charge on any atom is 0.365 e. The number of alkyl halides is 12. The second-order valence-corrected chi connectivity index (χ2v) is 4.08. The monoisotopic (exact) mass is 381 g/mol. The van der Waals surface area contributed by atoms with Gasteiger partial charge in [-0.15, -0.1) is 0 Å². The summed E-state index contributed by atoms with van der Waals surface area (Å²) in [5.41, 5.74) is 0. The molecule has 0 amide bonds. The van der Waals surface area contributed by atoms with Crippen LogP contribution in [0.25, 0.3) is 0 Å². The van der Waals surface area contributed by atoms with Gasteiger partial charge in [-0.25, -0.2) is 41.3 Å². The molecular weight excluding hydrogens is 378 g/mol. The molecule has 0 radical (unpaired) electrons. The van der Waals surface area contributed by atoms with Crippen LogP contribution in [0.15, 0.2) is 0 Å². The van der Waals surface area contributed by atoms with Gasteiger partial charge in [-0.2, -0.15) is 26.3 Å². The molecule has 0 N–H and O–H groups in total. The van der Waals surface area contributed by atoms with Crippen LogP contribution in [-0.2, 0) is 17.8 Å². The Morgan fingerprint density at radius 1 is 0.458 bits per heavy atom. The molecule has 0 bridgehead atoms. The Bertz CT molecular complexity index is 494. The molecule has 0 aliphatic rings. The van der Waals surface area contributed by atoms with Gasteiger partial charge >= 0.3 is 37.0 Å². The first-order chi connectivity index (χ1) is 10.6. The molecular formula is C9H3F12N3. The van der Waals surface area contributed by atoms with E-state index in [-0.39, 0.29) is 0 Å². The van der Waals surface area contributed by atoms with Gasteiger partial charge in [0.25, 0.3) is 0 Å². The third-order valence-corrected chi connectivity index (χ3v) is 2.35. The molecule has 0 aliphatic heterocycles. The van der Waals surface area contributed by atoms with Crippen LogP contribution in [0.3, 0.4) is 0 Å². The Morgan fingerprint density at radius 2 is 0.625 bits per heavy atom. The second-order valence-electron chi connectivity index (χ2n) is 4.08. The molecule has 0 aliphatic carbocycles. The normalized spacial score (nSPS) is 14.1. The summed E-state index contributed by atoms with van der Waals surface area (Å²) in [5.74, 6) is -25.0. The molecule has 1 aromatic heterocycles. The number of aromatic nitrogens is 3. The molecule has 138 valence electrons. The highest BCUT2D eigenvalue weighted by molar-refractivity contribution is 5.11. The van der Waals surface area contributed by atoms with Crippen LogP contribution in [0.5, 0.6) is 0 Å². The van der Waals surface area contributed by atoms with E-state index < -0.39 is 54.5 Å². The van der Waals surface area contributed by atoms with Crippen molar-refractivity contribution in [1.29, 1.82) is 0 Å². The van der Waals surface area contributed by atoms with Crippen LogP contribution < -0.4 is 0 Å². The lowest BCUT2D eigenvalue weighted by molar-refractivity contribution is -0.158. The van der Waals surface area contributed by atoms with E-state index in [1.165, 1.54) is 0 Å². The third-order valence-electron chi connectivity index (χ3n) is 2.35. The average Bonchev–Trinajstić information content (AvgIpc) is 2.46. The van der Waals surface area contributed by atoms with Gasteiger partial charge in [0.2, 0.25) is 17.5 Å². The summed E-state index contributed by atoms with van der Waals surface area (Å²) in [6.45, 7) is 0. The molecule has 0 unspecified atom stereocenters. The van der Waals surface area contributed by atoms with Crippen LogP contribution in [-0.4, -0.2) is 34.2 Å². The van der Waals surface area contributed by atoms with E-state index in [0.29, 0.717) is 0 Å². The molecule has 0 aromatic carbocycles. The van der Waals surface area contributed by atoms with Crippen molar-refractivity contribution in [2.24, 2.45) is 0 Å². The van der Waals surface area contributed by atoms with Gasteiger partial charge in [-0.05, 0) is 0 Å². The second kappa shape index (κ2) is 6.23. The van der Waals surface area contributed by atoms with E-state index in [1.54, 1.807) is 0 Å². The number of halogens is 12. The molecule has 1 heterocycles. The third kappa shape index (κ3) is 3.48. The highest BCUT2D eigenvalue weighted by Gasteiger charge is 2.54. The fraction of sp³-hybridized carbons (Fsp3) is 0.667. The van der Waals surface area contributed by atoms with Crippen molar-refractivity contribution in [3.05, 3.63) is 17.5 Å². The van der Waals surface area contributed by atoms with Gasteiger partial charge in [0.05, 0.1) is 0 Å². The van der Waals surface area contributed by atoms with Crippen molar-refractivity contribution in [2.75, 3.05) is 0 Å². The van der Waals surface area contributed by atoms with Crippen molar-refractivity contribution >= 4 is 0 Å². The quantitative estimate of drug-likeness (QED) is 0.701. The molecule has 0 saturated heterocycles. The molecule has 3 nitrogen and oxygen atoms in total. The summed E-state index contributed by atoms with van der Waals surface area (Å²) in [4.78, 5) is 5.79. The fourth-order valence-corrected chi connectivity index (χ4v) is 1.12. The molecule has 0 saturated carbocycles. The van der Waals surface area contributed by atoms with E-state index >= 15 is 0 Å². The molecule has 1 rings (SSSR count). The number of hydrogen-bond donors (Lipinski definition) is 0. The van der Waals surface area contributed by atoms with E-state index in [0.717, 1.165) is 0 Å². The van der Waals surface area contributed by atoms with Crippen molar-refractivity contribution in [2.45, 2.75) is 37.0 Å². The minimum Gasteiger partial charge on any atom is -0.205 e. The van der Waals surface area contributed by atoms with Gasteiger partial charge in [0, 0.05) is 0 Å². The standard InChI is InChI=1S/C9H3F12N3/c10-1(11)7(16,17)4-22-5(8(18,19)2(12)13)24-6(23-4)9(20,21)3(14)15/h1-3H. The van der Waals surface area contributed by atoms with Gasteiger partial charge in [-0.3, -0.25) is 0 Å². The number of rotatable bonds is 6. The van der Waals surface area contributed by atoms with Gasteiger partial charge in [0.15, 0.2) is 0 Å². The zero-order chi connectivity index (χ0) is 19.1. The summed E-state index contributed by atoms with van der Waals surface area (Å²) in [6.07, 6.45) is -14.2. The van der Waals surface area contributed by atoms with Crippen molar-refractivity contribution in [3.63, 3.8) is 0 Å². The molecule has 0 spiro atoms. The van der Waals surface area contributed by atoms with E-state index in [9.17, 15) is 52.7 Å². The lowest BCUT2D eigenvalue weighted by atomic mass is 10.2. The van der Waals surface area contributed by atoms with Crippen molar-refractivity contribution < 1.29 is 52.7 Å². The molecule has 1 aromatic rings. The Morgan fingerprint density at radius 3 is 0.750 bits per heavy atom. The highest BCUT2D eigenvalue weighted by Crippen LogP contribution is 2.39. The summed E-state index contributed by atoms with van der Waals surface area (Å²) in [6, 6.07) is 0. The van der Waals surface area contributed by atoms with Gasteiger partial charge in [0.1, 0.15) is 0 Å². The smallest absolute Gasteiger partial charge is 0.205 e. The highest BCUT2D eigenvalue weighted by atomic mass is 19.3. The Hall–Kier alpha value is -1.83. The maximum absolute atomic E-state index is 13.0. The summed E-state index contributed by atoms with van der Waals surface area (Å²) in [5, 5.41) is 0. The Labute approximate surface area is 123 Å². The van der Waals surface area contributed by atoms with Crippen LogP contribution in [0.2, 0.25) is 0 Å². The lowest BCUT2D eigenvalue weighted by Crippen LogP contribution is -2.36. The lowest BCUT2D eigenvalue weighted by Gasteiger charge is -2.21. The SMILES string of the molecule is FC(F)C(F)(F)c1nc(C(F)(F)C(F)F)nc(C(F)(F)C(F)F)n1. The first-order valence-electron chi connectivity index (χ1n) is 5.40. The minimum absolute atomic E-state index is 1.93. The molecule has 0 atom stereocenters. The Kier molecular flexibility index (Phi) is 5.25. The predicted octanol–water partition coefficient (Wildman–Crippen LogP) is 3.94. The van der Waals surface area contributed by atoms with Crippen molar-refractivity contribution in [3.8, 4) is 0 Å². The topological polar surface area (TPSA) is 38.7 Å². The number of hydrogen-bond acceptors (Lipinski definition) is 3. The summed E-state index contributed by atoms with van der Waals surface area (Å²) < 4.78 is 151. The fourth-order valence-electron chi connectivity index (χ4n) is 1.12. The van der Waals surface area contributed by atoms with Crippen molar-refractivity contribution in [1.82, 2.24) is 15.0 Å². The van der Waals surface area contributed by atoms with Gasteiger partial charge in [-0.1, -0.05) is 0 Å². The number of nitrogens with zero attached hydrogens (tertiary/aromatic N) is 3. The van der Waals surface area contributed by atoms with Crippen LogP contribution in [0, 0.1) is 0 Å². The average molecular weight is 381 g/mol. The minimum atomic E-state index is -5.57. The van der Waals surface area contributed by atoms with Crippen LogP contribution in [0.4, 0.5) is 52.7 Å². The van der Waals surface area contributed by atoms with Crippen LogP contribution in [0.1, 0.15) is 17.5 Å². The largest absolute Gasteiger partial charge is 0.365 e. The van der Waals surface area contributed by atoms with E-state index in [4.69, 9.17) is 0 Å². The maximum atomic E-state index is 13.0. The van der Waals surface area contributed by atoms with Gasteiger partial charge < -0.3 is 0 Å².